The predicted molar refractivity (Wildman–Crippen MR) is 74.8 cm³/mol. The average molecular weight is 275 g/mol. The molecule has 1 fully saturated rings. The standard InChI is InChI=1S/C14H17N3O3/c1-9-7-17(4-5-20-8-9)13(18)10-2-3-11-12(6-10)16-14(19)15-11/h2-3,6,9H,4-5,7-8H2,1H3,(H2,15,16,19). The summed E-state index contributed by atoms with van der Waals surface area (Å²) in [5, 5.41) is 0. The molecule has 0 radical (unpaired) electrons. The van der Waals surface area contributed by atoms with E-state index in [1.54, 1.807) is 18.2 Å². The zero-order chi connectivity index (χ0) is 14.1. The first-order valence-electron chi connectivity index (χ1n) is 6.72. The first kappa shape index (κ1) is 12.9. The summed E-state index contributed by atoms with van der Waals surface area (Å²) < 4.78 is 5.45. The molecule has 106 valence electrons. The maximum Gasteiger partial charge on any atom is 0.323 e. The number of imidazole rings is 1. The highest BCUT2D eigenvalue weighted by molar-refractivity contribution is 5.97. The second-order valence-corrected chi connectivity index (χ2v) is 5.27. The van der Waals surface area contributed by atoms with Crippen LogP contribution in [0.15, 0.2) is 23.0 Å². The lowest BCUT2D eigenvalue weighted by molar-refractivity contribution is 0.0738. The van der Waals surface area contributed by atoms with Crippen molar-refractivity contribution < 1.29 is 9.53 Å². The first-order chi connectivity index (χ1) is 9.63. The van der Waals surface area contributed by atoms with Crippen molar-refractivity contribution in [2.75, 3.05) is 26.3 Å². The van der Waals surface area contributed by atoms with Crippen LogP contribution in [0.4, 0.5) is 0 Å². The van der Waals surface area contributed by atoms with Crippen LogP contribution >= 0.6 is 0 Å². The Hall–Kier alpha value is -2.08. The molecule has 1 aromatic carbocycles. The van der Waals surface area contributed by atoms with Crippen LogP contribution in [0, 0.1) is 5.92 Å². The molecule has 2 aromatic rings. The lowest BCUT2D eigenvalue weighted by Gasteiger charge is -2.21. The maximum absolute atomic E-state index is 12.5. The maximum atomic E-state index is 12.5. The molecule has 1 aromatic heterocycles. The van der Waals surface area contributed by atoms with Gasteiger partial charge < -0.3 is 19.6 Å². The van der Waals surface area contributed by atoms with Gasteiger partial charge in [0, 0.05) is 18.7 Å². The Morgan fingerprint density at radius 3 is 3.00 bits per heavy atom. The van der Waals surface area contributed by atoms with Gasteiger partial charge in [0.1, 0.15) is 0 Å². The number of fused-ring (bicyclic) bond motifs is 1. The summed E-state index contributed by atoms with van der Waals surface area (Å²) in [6, 6.07) is 5.20. The van der Waals surface area contributed by atoms with Gasteiger partial charge in [0.2, 0.25) is 0 Å². The Labute approximate surface area is 115 Å². The van der Waals surface area contributed by atoms with Crippen molar-refractivity contribution in [1.29, 1.82) is 0 Å². The lowest BCUT2D eigenvalue weighted by atomic mass is 10.1. The van der Waals surface area contributed by atoms with Crippen molar-refractivity contribution in [3.05, 3.63) is 34.2 Å². The topological polar surface area (TPSA) is 78.2 Å². The van der Waals surface area contributed by atoms with E-state index >= 15 is 0 Å². The number of ether oxygens (including phenoxy) is 1. The molecule has 2 heterocycles. The van der Waals surface area contributed by atoms with Crippen molar-refractivity contribution in [1.82, 2.24) is 14.9 Å². The van der Waals surface area contributed by atoms with Gasteiger partial charge in [-0.05, 0) is 24.1 Å². The van der Waals surface area contributed by atoms with Gasteiger partial charge in [0.25, 0.3) is 5.91 Å². The summed E-state index contributed by atoms with van der Waals surface area (Å²) in [7, 11) is 0. The number of carbonyl (C=O) groups is 1. The monoisotopic (exact) mass is 275 g/mol. The van der Waals surface area contributed by atoms with Crippen LogP contribution in [-0.2, 0) is 4.74 Å². The number of aromatic nitrogens is 2. The number of nitrogens with one attached hydrogen (secondary N) is 2. The molecule has 0 aliphatic carbocycles. The molecule has 1 atom stereocenters. The SMILES string of the molecule is CC1COCCN(C(=O)c2ccc3[nH]c(=O)[nH]c3c2)C1. The Kier molecular flexibility index (Phi) is 3.31. The molecule has 1 aliphatic heterocycles. The Morgan fingerprint density at radius 1 is 1.35 bits per heavy atom. The van der Waals surface area contributed by atoms with Gasteiger partial charge in [-0.2, -0.15) is 0 Å². The summed E-state index contributed by atoms with van der Waals surface area (Å²) in [6.45, 7) is 4.62. The largest absolute Gasteiger partial charge is 0.379 e. The number of aromatic amines is 2. The first-order valence-corrected chi connectivity index (χ1v) is 6.72. The van der Waals surface area contributed by atoms with E-state index in [0.717, 1.165) is 0 Å². The van der Waals surface area contributed by atoms with Crippen molar-refractivity contribution in [2.45, 2.75) is 6.92 Å². The van der Waals surface area contributed by atoms with Crippen LogP contribution in [0.1, 0.15) is 17.3 Å². The molecule has 0 saturated carbocycles. The van der Waals surface area contributed by atoms with Crippen molar-refractivity contribution in [3.8, 4) is 0 Å². The van der Waals surface area contributed by atoms with Gasteiger partial charge in [-0.3, -0.25) is 4.79 Å². The van der Waals surface area contributed by atoms with E-state index < -0.39 is 0 Å². The third-order valence-corrected chi connectivity index (χ3v) is 3.49. The summed E-state index contributed by atoms with van der Waals surface area (Å²) in [5.74, 6) is 0.309. The Bertz CT molecular complexity index is 688. The normalized spacial score (nSPS) is 20.1. The molecule has 6 heteroatoms. The third kappa shape index (κ3) is 2.46. The van der Waals surface area contributed by atoms with E-state index in [0.29, 0.717) is 48.8 Å². The number of carbonyl (C=O) groups excluding carboxylic acids is 1. The number of H-pyrrole nitrogens is 2. The molecule has 2 N–H and O–H groups in total. The van der Waals surface area contributed by atoms with E-state index in [2.05, 4.69) is 16.9 Å². The van der Waals surface area contributed by atoms with Crippen LogP contribution in [0.2, 0.25) is 0 Å². The van der Waals surface area contributed by atoms with Crippen LogP contribution in [0.3, 0.4) is 0 Å². The third-order valence-electron chi connectivity index (χ3n) is 3.49. The van der Waals surface area contributed by atoms with Crippen LogP contribution in [0.5, 0.6) is 0 Å². The molecular formula is C14H17N3O3. The minimum absolute atomic E-state index is 0.0219. The van der Waals surface area contributed by atoms with Crippen molar-refractivity contribution in [2.24, 2.45) is 5.92 Å². The van der Waals surface area contributed by atoms with Gasteiger partial charge >= 0.3 is 5.69 Å². The molecule has 1 unspecified atom stereocenters. The smallest absolute Gasteiger partial charge is 0.323 e. The molecule has 6 nitrogen and oxygen atoms in total. The van der Waals surface area contributed by atoms with Gasteiger partial charge in [0.05, 0.1) is 24.2 Å². The zero-order valence-corrected chi connectivity index (χ0v) is 11.3. The number of hydrogen-bond acceptors (Lipinski definition) is 3. The number of nitrogens with zero attached hydrogens (tertiary/aromatic N) is 1. The van der Waals surface area contributed by atoms with E-state index in [4.69, 9.17) is 4.74 Å². The molecule has 3 rings (SSSR count). The number of benzene rings is 1. The van der Waals surface area contributed by atoms with Crippen molar-refractivity contribution >= 4 is 16.9 Å². The Balaban J connectivity index is 1.88. The average Bonchev–Trinajstić information content (AvgIpc) is 2.65. The van der Waals surface area contributed by atoms with Crippen LogP contribution < -0.4 is 5.69 Å². The summed E-state index contributed by atoms with van der Waals surface area (Å²) in [5.41, 5.74) is 1.68. The second-order valence-electron chi connectivity index (χ2n) is 5.27. The highest BCUT2D eigenvalue weighted by Gasteiger charge is 2.21. The molecule has 20 heavy (non-hydrogen) atoms. The van der Waals surface area contributed by atoms with E-state index in [-0.39, 0.29) is 11.6 Å². The number of amides is 1. The second kappa shape index (κ2) is 5.13. The molecule has 1 amide bonds. The van der Waals surface area contributed by atoms with Crippen LogP contribution in [0.25, 0.3) is 11.0 Å². The van der Waals surface area contributed by atoms with Crippen molar-refractivity contribution in [3.63, 3.8) is 0 Å². The van der Waals surface area contributed by atoms with E-state index in [9.17, 15) is 9.59 Å². The highest BCUT2D eigenvalue weighted by atomic mass is 16.5. The van der Waals surface area contributed by atoms with Crippen LogP contribution in [-0.4, -0.2) is 47.1 Å². The molecule has 1 aliphatic rings. The Morgan fingerprint density at radius 2 is 2.15 bits per heavy atom. The van der Waals surface area contributed by atoms with E-state index in [1.807, 2.05) is 4.90 Å². The summed E-state index contributed by atoms with van der Waals surface area (Å²) >= 11 is 0. The minimum atomic E-state index is -0.263. The number of hydrogen-bond donors (Lipinski definition) is 2. The summed E-state index contributed by atoms with van der Waals surface area (Å²) in [6.07, 6.45) is 0. The predicted octanol–water partition coefficient (Wildman–Crippen LogP) is 0.965. The fourth-order valence-electron chi connectivity index (χ4n) is 2.51. The molecule has 1 saturated heterocycles. The highest BCUT2D eigenvalue weighted by Crippen LogP contribution is 2.14. The minimum Gasteiger partial charge on any atom is -0.379 e. The fourth-order valence-corrected chi connectivity index (χ4v) is 2.51. The lowest BCUT2D eigenvalue weighted by Crippen LogP contribution is -2.35. The zero-order valence-electron chi connectivity index (χ0n) is 11.3. The summed E-state index contributed by atoms with van der Waals surface area (Å²) in [4.78, 5) is 30.9. The van der Waals surface area contributed by atoms with Gasteiger partial charge in [-0.25, -0.2) is 4.79 Å². The molecule has 0 bridgehead atoms. The number of rotatable bonds is 1. The van der Waals surface area contributed by atoms with Gasteiger partial charge in [-0.1, -0.05) is 6.92 Å². The molecular weight excluding hydrogens is 258 g/mol. The van der Waals surface area contributed by atoms with E-state index in [1.165, 1.54) is 0 Å². The molecule has 0 spiro atoms. The quantitative estimate of drug-likeness (QED) is 0.814. The van der Waals surface area contributed by atoms with Gasteiger partial charge in [0.15, 0.2) is 0 Å². The fraction of sp³-hybridized carbons (Fsp3) is 0.429. The van der Waals surface area contributed by atoms with Gasteiger partial charge in [-0.15, -0.1) is 0 Å².